The van der Waals surface area contributed by atoms with Gasteiger partial charge in [0.05, 0.1) is 17.9 Å². The summed E-state index contributed by atoms with van der Waals surface area (Å²) in [5, 5.41) is 0. The van der Waals surface area contributed by atoms with Crippen molar-refractivity contribution >= 4 is 17.7 Å². The highest BCUT2D eigenvalue weighted by molar-refractivity contribution is 5.93. The second kappa shape index (κ2) is 5.98. The summed E-state index contributed by atoms with van der Waals surface area (Å²) in [6.07, 6.45) is 7.04. The fourth-order valence-corrected chi connectivity index (χ4v) is 8.49. The zero-order chi connectivity index (χ0) is 23.6. The molecule has 2 saturated carbocycles. The second-order valence-corrected chi connectivity index (χ2v) is 11.7. The van der Waals surface area contributed by atoms with Gasteiger partial charge in [0.2, 0.25) is 0 Å². The highest BCUT2D eigenvalue weighted by Crippen LogP contribution is 2.78. The molecule has 0 radical (unpaired) electrons. The van der Waals surface area contributed by atoms with Gasteiger partial charge in [-0.25, -0.2) is 9.59 Å². The number of epoxide rings is 1. The van der Waals surface area contributed by atoms with Crippen LogP contribution < -0.4 is 0 Å². The lowest BCUT2D eigenvalue weighted by atomic mass is 9.37. The second-order valence-electron chi connectivity index (χ2n) is 11.7. The van der Waals surface area contributed by atoms with Crippen molar-refractivity contribution in [1.29, 1.82) is 0 Å². The largest absolute Gasteiger partial charge is 0.472 e. The van der Waals surface area contributed by atoms with E-state index >= 15 is 0 Å². The number of furan rings is 1. The maximum atomic E-state index is 14.1. The predicted molar refractivity (Wildman–Crippen MR) is 115 cm³/mol. The van der Waals surface area contributed by atoms with Gasteiger partial charge in [-0.05, 0) is 51.0 Å². The molecule has 7 nitrogen and oxygen atoms in total. The summed E-state index contributed by atoms with van der Waals surface area (Å²) in [6, 6.07) is 1.81. The topological polar surface area (TPSA) is 95.3 Å². The van der Waals surface area contributed by atoms with Gasteiger partial charge in [-0.3, -0.25) is 4.79 Å². The minimum absolute atomic E-state index is 0.0727. The van der Waals surface area contributed by atoms with Gasteiger partial charge in [0, 0.05) is 29.4 Å². The van der Waals surface area contributed by atoms with Gasteiger partial charge >= 0.3 is 11.9 Å². The number of ether oxygens (including phenoxy) is 3. The molecule has 0 bridgehead atoms. The Morgan fingerprint density at radius 2 is 1.76 bits per heavy atom. The van der Waals surface area contributed by atoms with Gasteiger partial charge in [-0.1, -0.05) is 19.9 Å². The van der Waals surface area contributed by atoms with E-state index in [0.29, 0.717) is 6.42 Å². The molecule has 0 amide bonds. The van der Waals surface area contributed by atoms with Gasteiger partial charge in [0.25, 0.3) is 0 Å². The Morgan fingerprint density at radius 3 is 2.45 bits per heavy atom. The molecule has 2 saturated heterocycles. The van der Waals surface area contributed by atoms with Crippen molar-refractivity contribution in [3.63, 3.8) is 0 Å². The molecule has 5 aliphatic rings. The quantitative estimate of drug-likeness (QED) is 0.469. The fraction of sp³-hybridized carbons (Fsp3) is 0.654. The standard InChI is InChI=1S/C26H30O7/c1-22(2)16-12-17(27)25(5)15(23(16,3)9-7-18(28)32-22)6-10-24(4)19(14-8-11-30-13-14)31-21(29)20-26(24,25)33-20/h7-9,11,13,15-16,19-20H,6,10,12H2,1-5H3/t15-,16-,19+,20-,23-,24+,25+,26-/m1/s1. The van der Waals surface area contributed by atoms with Crippen molar-refractivity contribution in [2.24, 2.45) is 28.1 Å². The molecule has 1 spiro atoms. The number of carbonyl (C=O) groups is 3. The van der Waals surface area contributed by atoms with E-state index in [1.165, 1.54) is 6.08 Å². The Kier molecular flexibility index (Phi) is 3.83. The number of carbonyl (C=O) groups excluding carboxylic acids is 3. The van der Waals surface area contributed by atoms with Crippen molar-refractivity contribution in [1.82, 2.24) is 0 Å². The summed E-state index contributed by atoms with van der Waals surface area (Å²) >= 11 is 0. The Hall–Kier alpha value is -2.41. The Morgan fingerprint density at radius 1 is 1.00 bits per heavy atom. The molecule has 1 aromatic heterocycles. The first-order valence-corrected chi connectivity index (χ1v) is 11.8. The van der Waals surface area contributed by atoms with Gasteiger partial charge in [-0.15, -0.1) is 0 Å². The van der Waals surface area contributed by atoms with Crippen LogP contribution in [0, 0.1) is 28.1 Å². The van der Waals surface area contributed by atoms with Crippen LogP contribution >= 0.6 is 0 Å². The van der Waals surface area contributed by atoms with Crippen LogP contribution in [0.4, 0.5) is 0 Å². The fourth-order valence-electron chi connectivity index (χ4n) is 8.49. The first-order chi connectivity index (χ1) is 15.4. The van der Waals surface area contributed by atoms with E-state index in [2.05, 4.69) is 13.8 Å². The Balaban J connectivity index is 1.53. The van der Waals surface area contributed by atoms with Crippen LogP contribution in [-0.4, -0.2) is 35.0 Å². The highest BCUT2D eigenvalue weighted by Gasteiger charge is 2.88. The number of allylic oxidation sites excluding steroid dienone is 1. The molecule has 7 heteroatoms. The average Bonchev–Trinajstić information content (AvgIpc) is 3.33. The summed E-state index contributed by atoms with van der Waals surface area (Å²) in [5.74, 6) is -1.02. The third-order valence-corrected chi connectivity index (χ3v) is 10.0. The number of hydrogen-bond donors (Lipinski definition) is 0. The number of ketones is 1. The van der Waals surface area contributed by atoms with Crippen LogP contribution in [-0.2, 0) is 28.6 Å². The van der Waals surface area contributed by atoms with Crippen molar-refractivity contribution in [3.8, 4) is 0 Å². The first kappa shape index (κ1) is 21.1. The summed E-state index contributed by atoms with van der Waals surface area (Å²) in [6.45, 7) is 9.99. The molecule has 1 aromatic rings. The average molecular weight is 455 g/mol. The number of rotatable bonds is 1. The molecule has 4 heterocycles. The number of Topliss-reactive ketones (excluding diaryl/α,β-unsaturated/α-hetero) is 1. The van der Waals surface area contributed by atoms with Gasteiger partial charge in [0.15, 0.2) is 6.10 Å². The molecule has 8 atom stereocenters. The Bertz CT molecular complexity index is 1100. The minimum Gasteiger partial charge on any atom is -0.472 e. The zero-order valence-corrected chi connectivity index (χ0v) is 19.7. The number of hydrogen-bond acceptors (Lipinski definition) is 7. The van der Waals surface area contributed by atoms with Crippen LogP contribution in [0.1, 0.15) is 65.5 Å². The maximum Gasteiger partial charge on any atom is 0.339 e. The van der Waals surface area contributed by atoms with Gasteiger partial charge < -0.3 is 18.6 Å². The molecular formula is C26H30O7. The normalized spacial score (nSPS) is 49.5. The Labute approximate surface area is 192 Å². The zero-order valence-electron chi connectivity index (χ0n) is 19.7. The molecule has 0 N–H and O–H groups in total. The van der Waals surface area contributed by atoms with E-state index in [9.17, 15) is 14.4 Å². The number of esters is 2. The van der Waals surface area contributed by atoms with Crippen LogP contribution in [0.25, 0.3) is 0 Å². The van der Waals surface area contributed by atoms with Crippen molar-refractivity contribution in [2.75, 3.05) is 0 Å². The predicted octanol–water partition coefficient (Wildman–Crippen LogP) is 3.92. The van der Waals surface area contributed by atoms with Crippen LogP contribution in [0.5, 0.6) is 0 Å². The molecule has 176 valence electrons. The van der Waals surface area contributed by atoms with E-state index < -0.39 is 45.6 Å². The lowest BCUT2D eigenvalue weighted by molar-refractivity contribution is -0.215. The minimum atomic E-state index is -0.958. The van der Waals surface area contributed by atoms with Crippen LogP contribution in [0.2, 0.25) is 0 Å². The van der Waals surface area contributed by atoms with E-state index in [1.54, 1.807) is 12.5 Å². The third kappa shape index (κ3) is 2.23. The molecule has 6 rings (SSSR count). The molecule has 2 aliphatic carbocycles. The SMILES string of the molecule is CC1(C)OC(=O)C=C[C@@]2(C)[C@@H]1CC(=O)[C@]1(C)[C@@H]2CC[C@@]2(C)[C@H](c3ccoc3)OC(=O)[C@H]3O[C@]321. The van der Waals surface area contributed by atoms with E-state index in [4.69, 9.17) is 18.6 Å². The molecule has 0 aromatic carbocycles. The van der Waals surface area contributed by atoms with Crippen molar-refractivity contribution in [3.05, 3.63) is 36.3 Å². The highest BCUT2D eigenvalue weighted by atomic mass is 16.7. The lowest BCUT2D eigenvalue weighted by Crippen LogP contribution is -2.71. The first-order valence-electron chi connectivity index (χ1n) is 11.8. The monoisotopic (exact) mass is 454 g/mol. The molecule has 33 heavy (non-hydrogen) atoms. The number of fused-ring (bicyclic) bond motifs is 3. The van der Waals surface area contributed by atoms with Crippen LogP contribution in [0.15, 0.2) is 35.2 Å². The third-order valence-electron chi connectivity index (χ3n) is 10.0. The maximum absolute atomic E-state index is 14.1. The van der Waals surface area contributed by atoms with Crippen LogP contribution in [0.3, 0.4) is 0 Å². The van der Waals surface area contributed by atoms with E-state index in [0.717, 1.165) is 12.0 Å². The molecule has 4 fully saturated rings. The van der Waals surface area contributed by atoms with Crippen molar-refractivity contribution < 1.29 is 33.0 Å². The smallest absolute Gasteiger partial charge is 0.339 e. The molecular weight excluding hydrogens is 424 g/mol. The van der Waals surface area contributed by atoms with E-state index in [1.807, 2.05) is 32.9 Å². The summed E-state index contributed by atoms with van der Waals surface area (Å²) < 4.78 is 23.3. The summed E-state index contributed by atoms with van der Waals surface area (Å²) in [7, 11) is 0. The molecule has 0 unspecified atom stereocenters. The summed E-state index contributed by atoms with van der Waals surface area (Å²) in [5.41, 5.74) is -2.94. The van der Waals surface area contributed by atoms with E-state index in [-0.39, 0.29) is 30.0 Å². The van der Waals surface area contributed by atoms with Crippen molar-refractivity contribution in [2.45, 2.75) is 77.3 Å². The molecule has 3 aliphatic heterocycles. The number of cyclic esters (lactones) is 2. The van der Waals surface area contributed by atoms with Gasteiger partial charge in [-0.2, -0.15) is 0 Å². The summed E-state index contributed by atoms with van der Waals surface area (Å²) in [4.78, 5) is 39.6. The lowest BCUT2D eigenvalue weighted by Gasteiger charge is -2.64. The van der Waals surface area contributed by atoms with Gasteiger partial charge in [0.1, 0.15) is 23.1 Å².